The van der Waals surface area contributed by atoms with Gasteiger partial charge in [-0.1, -0.05) is 0 Å². The average molecular weight is 291 g/mol. The number of aromatic carboxylic acids is 1. The van der Waals surface area contributed by atoms with Crippen LogP contribution in [-0.2, 0) is 0 Å². The lowest BCUT2D eigenvalue weighted by Crippen LogP contribution is -2.54. The van der Waals surface area contributed by atoms with E-state index in [1.54, 1.807) is 0 Å². The van der Waals surface area contributed by atoms with Crippen LogP contribution in [0.1, 0.15) is 20.7 Å². The van der Waals surface area contributed by atoms with Crippen LogP contribution < -0.4 is 5.32 Å². The summed E-state index contributed by atoms with van der Waals surface area (Å²) < 4.78 is 0. The quantitative estimate of drug-likeness (QED) is 0.838. The summed E-state index contributed by atoms with van der Waals surface area (Å²) in [6, 6.07) is 6.26. The van der Waals surface area contributed by atoms with E-state index in [0.29, 0.717) is 18.2 Å². The second kappa shape index (κ2) is 6.69. The number of carbonyl (C=O) groups excluding carboxylic acids is 1. The van der Waals surface area contributed by atoms with E-state index in [4.69, 9.17) is 5.11 Å². The Kier molecular flexibility index (Phi) is 4.93. The van der Waals surface area contributed by atoms with Crippen molar-refractivity contribution in [2.75, 3.05) is 40.3 Å². The third-order valence-corrected chi connectivity index (χ3v) is 3.87. The Balaban J connectivity index is 1.90. The van der Waals surface area contributed by atoms with Gasteiger partial charge in [0.1, 0.15) is 0 Å². The van der Waals surface area contributed by atoms with Gasteiger partial charge in [-0.2, -0.15) is 0 Å². The minimum Gasteiger partial charge on any atom is -0.478 e. The first kappa shape index (κ1) is 15.5. The fraction of sp³-hybridized carbons (Fsp3) is 0.467. The summed E-state index contributed by atoms with van der Waals surface area (Å²) in [6.07, 6.45) is 0. The number of nitrogens with zero attached hydrogens (tertiary/aromatic N) is 2. The van der Waals surface area contributed by atoms with Gasteiger partial charge >= 0.3 is 5.97 Å². The molecule has 0 aliphatic carbocycles. The number of amides is 1. The molecule has 0 radical (unpaired) electrons. The van der Waals surface area contributed by atoms with Crippen molar-refractivity contribution in [1.29, 1.82) is 0 Å². The lowest BCUT2D eigenvalue weighted by atomic mass is 10.1. The number of nitrogens with one attached hydrogen (secondary N) is 1. The Morgan fingerprint density at radius 2 is 1.81 bits per heavy atom. The SMILES string of the molecule is CN1CCN(C)C(CNC(=O)c2ccc(C(=O)O)cc2)C1. The van der Waals surface area contributed by atoms with E-state index < -0.39 is 5.97 Å². The molecule has 6 heteroatoms. The van der Waals surface area contributed by atoms with Gasteiger partial charge in [-0.15, -0.1) is 0 Å². The summed E-state index contributed by atoms with van der Waals surface area (Å²) in [7, 11) is 4.14. The number of carbonyl (C=O) groups is 2. The van der Waals surface area contributed by atoms with Gasteiger partial charge in [0.2, 0.25) is 0 Å². The van der Waals surface area contributed by atoms with Crippen molar-refractivity contribution >= 4 is 11.9 Å². The minimum atomic E-state index is -0.992. The third-order valence-electron chi connectivity index (χ3n) is 3.87. The molecule has 2 rings (SSSR count). The second-order valence-electron chi connectivity index (χ2n) is 5.49. The van der Waals surface area contributed by atoms with E-state index in [0.717, 1.165) is 19.6 Å². The molecule has 0 bridgehead atoms. The molecule has 1 saturated heterocycles. The molecule has 0 spiro atoms. The molecular formula is C15H21N3O3. The number of piperazine rings is 1. The van der Waals surface area contributed by atoms with Crippen molar-refractivity contribution in [3.63, 3.8) is 0 Å². The van der Waals surface area contributed by atoms with Crippen LogP contribution in [0.3, 0.4) is 0 Å². The van der Waals surface area contributed by atoms with Crippen molar-refractivity contribution in [1.82, 2.24) is 15.1 Å². The van der Waals surface area contributed by atoms with E-state index in [2.05, 4.69) is 29.2 Å². The van der Waals surface area contributed by atoms with Gasteiger partial charge in [0.05, 0.1) is 5.56 Å². The number of hydrogen-bond donors (Lipinski definition) is 2. The molecule has 2 N–H and O–H groups in total. The Morgan fingerprint density at radius 1 is 1.19 bits per heavy atom. The predicted molar refractivity (Wildman–Crippen MR) is 79.6 cm³/mol. The molecule has 1 aliphatic rings. The molecule has 1 heterocycles. The van der Waals surface area contributed by atoms with Crippen LogP contribution in [0.15, 0.2) is 24.3 Å². The highest BCUT2D eigenvalue weighted by Crippen LogP contribution is 2.07. The highest BCUT2D eigenvalue weighted by Gasteiger charge is 2.22. The van der Waals surface area contributed by atoms with Crippen LogP contribution in [-0.4, -0.2) is 73.1 Å². The summed E-state index contributed by atoms with van der Waals surface area (Å²) in [4.78, 5) is 27.3. The monoisotopic (exact) mass is 291 g/mol. The van der Waals surface area contributed by atoms with Crippen molar-refractivity contribution in [3.8, 4) is 0 Å². The van der Waals surface area contributed by atoms with Gasteiger partial charge in [-0.25, -0.2) is 4.79 Å². The smallest absolute Gasteiger partial charge is 0.335 e. The Hall–Kier alpha value is -1.92. The Morgan fingerprint density at radius 3 is 2.43 bits per heavy atom. The number of carboxylic acids is 1. The summed E-state index contributed by atoms with van der Waals surface area (Å²) in [5, 5.41) is 11.7. The van der Waals surface area contributed by atoms with Crippen LogP contribution >= 0.6 is 0 Å². The summed E-state index contributed by atoms with van der Waals surface area (Å²) in [6.45, 7) is 3.54. The molecule has 1 amide bonds. The molecular weight excluding hydrogens is 270 g/mol. The molecule has 1 aliphatic heterocycles. The highest BCUT2D eigenvalue weighted by molar-refractivity contribution is 5.95. The molecule has 6 nitrogen and oxygen atoms in total. The first-order valence-corrected chi connectivity index (χ1v) is 6.97. The maximum Gasteiger partial charge on any atom is 0.335 e. The average Bonchev–Trinajstić information content (AvgIpc) is 2.48. The maximum absolute atomic E-state index is 12.1. The largest absolute Gasteiger partial charge is 0.478 e. The molecule has 1 fully saturated rings. The summed E-state index contributed by atoms with van der Waals surface area (Å²) in [5.41, 5.74) is 0.659. The zero-order valence-electron chi connectivity index (χ0n) is 12.4. The first-order chi connectivity index (χ1) is 9.97. The van der Waals surface area contributed by atoms with E-state index in [-0.39, 0.29) is 11.5 Å². The van der Waals surface area contributed by atoms with E-state index in [1.807, 2.05) is 0 Å². The van der Waals surface area contributed by atoms with Gasteiger partial charge in [0.15, 0.2) is 0 Å². The zero-order valence-corrected chi connectivity index (χ0v) is 12.4. The third kappa shape index (κ3) is 4.03. The lowest BCUT2D eigenvalue weighted by Gasteiger charge is -2.37. The van der Waals surface area contributed by atoms with Crippen molar-refractivity contribution < 1.29 is 14.7 Å². The van der Waals surface area contributed by atoms with Crippen LogP contribution in [0.5, 0.6) is 0 Å². The minimum absolute atomic E-state index is 0.173. The van der Waals surface area contributed by atoms with Gasteiger partial charge < -0.3 is 15.3 Å². The standard InChI is InChI=1S/C15H21N3O3/c1-17-7-8-18(2)13(10-17)9-16-14(19)11-3-5-12(6-4-11)15(20)21/h3-6,13H,7-10H2,1-2H3,(H,16,19)(H,20,21). The highest BCUT2D eigenvalue weighted by atomic mass is 16.4. The Bertz CT molecular complexity index is 515. The van der Waals surface area contributed by atoms with Gasteiger partial charge in [0, 0.05) is 37.8 Å². The predicted octanol–water partition coefficient (Wildman–Crippen LogP) is 0.360. The summed E-state index contributed by atoms with van der Waals surface area (Å²) in [5.74, 6) is -1.16. The molecule has 1 atom stereocenters. The fourth-order valence-electron chi connectivity index (χ4n) is 2.40. The number of hydrogen-bond acceptors (Lipinski definition) is 4. The van der Waals surface area contributed by atoms with Gasteiger partial charge in [-0.3, -0.25) is 9.69 Å². The summed E-state index contributed by atoms with van der Waals surface area (Å²) >= 11 is 0. The molecule has 1 aromatic rings. The van der Waals surface area contributed by atoms with Crippen molar-refractivity contribution in [2.24, 2.45) is 0 Å². The van der Waals surface area contributed by atoms with Gasteiger partial charge in [0.25, 0.3) is 5.91 Å². The molecule has 114 valence electrons. The number of benzene rings is 1. The molecule has 21 heavy (non-hydrogen) atoms. The molecule has 1 unspecified atom stereocenters. The Labute approximate surface area is 124 Å². The number of rotatable bonds is 4. The van der Waals surface area contributed by atoms with Crippen LogP contribution in [0.4, 0.5) is 0 Å². The normalized spacial score (nSPS) is 20.2. The molecule has 0 saturated carbocycles. The molecule has 1 aromatic carbocycles. The number of likely N-dealkylation sites (N-methyl/N-ethyl adjacent to an activating group) is 2. The van der Waals surface area contributed by atoms with Gasteiger partial charge in [-0.05, 0) is 38.4 Å². The van der Waals surface area contributed by atoms with E-state index in [9.17, 15) is 9.59 Å². The van der Waals surface area contributed by atoms with E-state index >= 15 is 0 Å². The first-order valence-electron chi connectivity index (χ1n) is 6.97. The topological polar surface area (TPSA) is 72.9 Å². The van der Waals surface area contributed by atoms with E-state index in [1.165, 1.54) is 24.3 Å². The van der Waals surface area contributed by atoms with Crippen LogP contribution in [0, 0.1) is 0 Å². The lowest BCUT2D eigenvalue weighted by molar-refractivity contribution is 0.0696. The van der Waals surface area contributed by atoms with Crippen molar-refractivity contribution in [3.05, 3.63) is 35.4 Å². The maximum atomic E-state index is 12.1. The van der Waals surface area contributed by atoms with Crippen LogP contribution in [0.2, 0.25) is 0 Å². The second-order valence-corrected chi connectivity index (χ2v) is 5.49. The fourth-order valence-corrected chi connectivity index (χ4v) is 2.40. The number of carboxylic acid groups (broad SMARTS) is 1. The van der Waals surface area contributed by atoms with Crippen LogP contribution in [0.25, 0.3) is 0 Å². The molecule has 0 aromatic heterocycles. The zero-order chi connectivity index (χ0) is 15.4. The van der Waals surface area contributed by atoms with Crippen molar-refractivity contribution in [2.45, 2.75) is 6.04 Å².